The smallest absolute Gasteiger partial charge is 0.247 e. The van der Waals surface area contributed by atoms with Crippen LogP contribution in [0, 0.1) is 24.8 Å². The molecular formula is C22H19ClN4O2. The highest BCUT2D eigenvalue weighted by Gasteiger charge is 2.34. The minimum Gasteiger partial charge on any atom is -0.420 e. The Labute approximate surface area is 174 Å². The normalized spacial score (nSPS) is 12.2. The molecule has 1 aromatic heterocycles. The molecular weight excluding hydrogens is 388 g/mol. The van der Waals surface area contributed by atoms with E-state index in [2.05, 4.69) is 21.1 Å². The number of hydrogen-bond acceptors (Lipinski definition) is 5. The molecule has 0 saturated heterocycles. The molecule has 146 valence electrons. The second-order valence-corrected chi connectivity index (χ2v) is 7.72. The fraction of sp³-hybridized carbons (Fsp3) is 0.273. The summed E-state index contributed by atoms with van der Waals surface area (Å²) >= 11 is 6.30. The number of aliphatic hydroxyl groups is 1. The molecule has 1 N–H and O–H groups in total. The summed E-state index contributed by atoms with van der Waals surface area (Å²) in [6.07, 6.45) is 0.419. The number of benzene rings is 2. The quantitative estimate of drug-likeness (QED) is 0.587. The van der Waals surface area contributed by atoms with Crippen LogP contribution in [0.5, 0.6) is 0 Å². The van der Waals surface area contributed by atoms with Gasteiger partial charge in [0.15, 0.2) is 0 Å². The maximum Gasteiger partial charge on any atom is 0.247 e. The molecule has 0 amide bonds. The molecule has 2 aromatic carbocycles. The van der Waals surface area contributed by atoms with Gasteiger partial charge in [-0.05, 0) is 62.6 Å². The van der Waals surface area contributed by atoms with Gasteiger partial charge < -0.3 is 9.52 Å². The minimum absolute atomic E-state index is 0.307. The largest absolute Gasteiger partial charge is 0.420 e. The standard InChI is InChI=1S/C22H19ClN4O2/c1-13-16(9-10-18(25-4)19(13)23)11-17(22(2,3)28)21-27-26-20(29-21)15-7-5-14(12-24)6-8-15/h5-10,17,28H,11H2,1-3H3/t17-/m0/s1. The third-order valence-electron chi connectivity index (χ3n) is 4.88. The highest BCUT2D eigenvalue weighted by Crippen LogP contribution is 2.36. The topological polar surface area (TPSA) is 87.3 Å². The van der Waals surface area contributed by atoms with Crippen molar-refractivity contribution in [3.63, 3.8) is 0 Å². The van der Waals surface area contributed by atoms with Crippen LogP contribution in [0.25, 0.3) is 16.3 Å². The van der Waals surface area contributed by atoms with E-state index in [0.29, 0.717) is 40.0 Å². The Morgan fingerprint density at radius 1 is 1.24 bits per heavy atom. The molecule has 0 spiro atoms. The van der Waals surface area contributed by atoms with Gasteiger partial charge in [-0.15, -0.1) is 10.2 Å². The van der Waals surface area contributed by atoms with Crippen molar-refractivity contribution in [2.24, 2.45) is 0 Å². The fourth-order valence-electron chi connectivity index (χ4n) is 3.06. The highest BCUT2D eigenvalue weighted by molar-refractivity contribution is 6.34. The molecule has 0 fully saturated rings. The number of nitriles is 1. The Balaban J connectivity index is 1.95. The summed E-state index contributed by atoms with van der Waals surface area (Å²) in [5.41, 5.74) is 2.18. The van der Waals surface area contributed by atoms with Gasteiger partial charge in [0.1, 0.15) is 0 Å². The molecule has 3 aromatic rings. The average Bonchev–Trinajstić information content (AvgIpc) is 3.18. The van der Waals surface area contributed by atoms with Crippen molar-refractivity contribution >= 4 is 17.3 Å². The summed E-state index contributed by atoms with van der Waals surface area (Å²) in [4.78, 5) is 3.42. The van der Waals surface area contributed by atoms with Crippen LogP contribution in [-0.4, -0.2) is 20.9 Å². The van der Waals surface area contributed by atoms with Crippen molar-refractivity contribution in [3.05, 3.63) is 75.4 Å². The van der Waals surface area contributed by atoms with Crippen molar-refractivity contribution in [3.8, 4) is 17.5 Å². The van der Waals surface area contributed by atoms with Crippen LogP contribution in [0.2, 0.25) is 5.02 Å². The van der Waals surface area contributed by atoms with E-state index in [1.54, 1.807) is 44.2 Å². The van der Waals surface area contributed by atoms with Gasteiger partial charge in [0.2, 0.25) is 17.5 Å². The number of halogens is 1. The summed E-state index contributed by atoms with van der Waals surface area (Å²) in [7, 11) is 0. The molecule has 0 aliphatic heterocycles. The summed E-state index contributed by atoms with van der Waals surface area (Å²) < 4.78 is 5.87. The molecule has 3 rings (SSSR count). The Morgan fingerprint density at radius 2 is 1.93 bits per heavy atom. The zero-order valence-electron chi connectivity index (χ0n) is 16.3. The zero-order valence-corrected chi connectivity index (χ0v) is 17.0. The van der Waals surface area contributed by atoms with E-state index >= 15 is 0 Å². The van der Waals surface area contributed by atoms with Crippen molar-refractivity contribution in [1.29, 1.82) is 5.26 Å². The zero-order chi connectivity index (χ0) is 21.2. The van der Waals surface area contributed by atoms with Gasteiger partial charge in [-0.3, -0.25) is 0 Å². The van der Waals surface area contributed by atoms with Crippen molar-refractivity contribution in [2.75, 3.05) is 0 Å². The molecule has 0 aliphatic carbocycles. The second-order valence-electron chi connectivity index (χ2n) is 7.34. The first-order valence-electron chi connectivity index (χ1n) is 8.96. The van der Waals surface area contributed by atoms with Gasteiger partial charge in [0.05, 0.1) is 34.7 Å². The van der Waals surface area contributed by atoms with E-state index in [9.17, 15) is 5.11 Å². The predicted molar refractivity (Wildman–Crippen MR) is 110 cm³/mol. The number of nitrogens with zero attached hydrogens (tertiary/aromatic N) is 4. The summed E-state index contributed by atoms with van der Waals surface area (Å²) in [6, 6.07) is 12.4. The Bertz CT molecular complexity index is 1120. The van der Waals surface area contributed by atoms with Crippen molar-refractivity contribution < 1.29 is 9.52 Å². The fourth-order valence-corrected chi connectivity index (χ4v) is 3.28. The molecule has 0 radical (unpaired) electrons. The van der Waals surface area contributed by atoms with Crippen LogP contribution in [0.3, 0.4) is 0 Å². The van der Waals surface area contributed by atoms with Crippen LogP contribution < -0.4 is 0 Å². The lowest BCUT2D eigenvalue weighted by Crippen LogP contribution is -2.31. The van der Waals surface area contributed by atoms with Gasteiger partial charge in [-0.25, -0.2) is 4.85 Å². The Morgan fingerprint density at radius 3 is 2.52 bits per heavy atom. The second kappa shape index (κ2) is 8.05. The number of aromatic nitrogens is 2. The van der Waals surface area contributed by atoms with Crippen molar-refractivity contribution in [2.45, 2.75) is 38.7 Å². The van der Waals surface area contributed by atoms with Crippen LogP contribution >= 0.6 is 11.6 Å². The first-order valence-corrected chi connectivity index (χ1v) is 9.34. The number of hydrogen-bond donors (Lipinski definition) is 1. The Hall–Kier alpha value is -3.19. The average molecular weight is 407 g/mol. The lowest BCUT2D eigenvalue weighted by atomic mass is 9.84. The summed E-state index contributed by atoms with van der Waals surface area (Å²) in [5.74, 6) is 0.147. The molecule has 1 heterocycles. The lowest BCUT2D eigenvalue weighted by molar-refractivity contribution is 0.0403. The SMILES string of the molecule is [C-]#[N+]c1ccc(C[C@@H](c2nnc(-c3ccc(C#N)cc3)o2)C(C)(C)O)c(C)c1Cl. The van der Waals surface area contributed by atoms with E-state index in [4.69, 9.17) is 27.9 Å². The first-order chi connectivity index (χ1) is 13.7. The third-order valence-corrected chi connectivity index (χ3v) is 5.35. The Kier molecular flexibility index (Phi) is 5.70. The number of rotatable bonds is 5. The van der Waals surface area contributed by atoms with Gasteiger partial charge in [0.25, 0.3) is 0 Å². The van der Waals surface area contributed by atoms with Gasteiger partial charge >= 0.3 is 0 Å². The highest BCUT2D eigenvalue weighted by atomic mass is 35.5. The van der Waals surface area contributed by atoms with Crippen LogP contribution in [0.1, 0.15) is 42.3 Å². The van der Waals surface area contributed by atoms with E-state index in [1.165, 1.54) is 0 Å². The molecule has 29 heavy (non-hydrogen) atoms. The lowest BCUT2D eigenvalue weighted by Gasteiger charge is -2.27. The molecule has 1 atom stereocenters. The monoisotopic (exact) mass is 406 g/mol. The van der Waals surface area contributed by atoms with E-state index in [0.717, 1.165) is 11.1 Å². The molecule has 0 aliphatic rings. The van der Waals surface area contributed by atoms with E-state index in [1.807, 2.05) is 13.0 Å². The predicted octanol–water partition coefficient (Wildman–Crippen LogP) is 5.22. The van der Waals surface area contributed by atoms with Crippen LogP contribution in [-0.2, 0) is 6.42 Å². The van der Waals surface area contributed by atoms with Crippen LogP contribution in [0.4, 0.5) is 5.69 Å². The summed E-state index contributed by atoms with van der Waals surface area (Å²) in [5, 5.41) is 28.4. The molecule has 0 unspecified atom stereocenters. The van der Waals surface area contributed by atoms with Crippen molar-refractivity contribution in [1.82, 2.24) is 10.2 Å². The van der Waals surface area contributed by atoms with Gasteiger partial charge in [-0.2, -0.15) is 5.26 Å². The third kappa shape index (κ3) is 4.30. The van der Waals surface area contributed by atoms with E-state index in [-0.39, 0.29) is 0 Å². The molecule has 7 heteroatoms. The first kappa shape index (κ1) is 20.5. The van der Waals surface area contributed by atoms with Gasteiger partial charge in [0, 0.05) is 5.56 Å². The molecule has 0 saturated carbocycles. The van der Waals surface area contributed by atoms with E-state index < -0.39 is 11.5 Å². The maximum absolute atomic E-state index is 10.8. The van der Waals surface area contributed by atoms with Crippen LogP contribution in [0.15, 0.2) is 40.8 Å². The van der Waals surface area contributed by atoms with Gasteiger partial charge in [-0.1, -0.05) is 23.7 Å². The molecule has 6 nitrogen and oxygen atoms in total. The maximum atomic E-state index is 10.8. The molecule has 0 bridgehead atoms. The minimum atomic E-state index is -1.13. The summed E-state index contributed by atoms with van der Waals surface area (Å²) in [6.45, 7) is 12.4.